The number of hydrogen-bond donors (Lipinski definition) is 1. The van der Waals surface area contributed by atoms with Gasteiger partial charge in [0.2, 0.25) is 0 Å². The molecular weight excluding hydrogens is 371 g/mol. The summed E-state index contributed by atoms with van der Waals surface area (Å²) >= 11 is 0. The third-order valence-corrected chi connectivity index (χ3v) is 6.55. The van der Waals surface area contributed by atoms with Crippen LogP contribution in [0.1, 0.15) is 86.3 Å². The maximum atomic E-state index is 13.9. The maximum absolute atomic E-state index is 13.9. The zero-order valence-corrected chi connectivity index (χ0v) is 19.1. The average Bonchev–Trinajstić information content (AvgIpc) is 3.11. The minimum atomic E-state index is -1.02. The van der Waals surface area contributed by atoms with Crippen molar-refractivity contribution in [2.75, 3.05) is 0 Å². The quantitative estimate of drug-likeness (QED) is 0.423. The van der Waals surface area contributed by atoms with Crippen LogP contribution in [0, 0.1) is 37.5 Å². The van der Waals surface area contributed by atoms with E-state index in [9.17, 15) is 14.7 Å². The van der Waals surface area contributed by atoms with Crippen LogP contribution in [0.4, 0.5) is 0 Å². The molecule has 0 radical (unpaired) electrons. The summed E-state index contributed by atoms with van der Waals surface area (Å²) in [6, 6.07) is 4.07. The largest absolute Gasteiger partial charge is 0.481 e. The van der Waals surface area contributed by atoms with E-state index in [0.29, 0.717) is 25.2 Å². The Morgan fingerprint density at radius 3 is 1.96 bits per heavy atom. The number of aryl methyl sites for hydroxylation is 3. The van der Waals surface area contributed by atoms with Gasteiger partial charge in [-0.2, -0.15) is 0 Å². The van der Waals surface area contributed by atoms with Gasteiger partial charge in [0.25, 0.3) is 0 Å². The first-order valence-electron chi connectivity index (χ1n) is 10.1. The summed E-state index contributed by atoms with van der Waals surface area (Å²) < 4.78 is 8.06. The molecule has 2 rings (SSSR count). The Bertz CT molecular complexity index is 696. The van der Waals surface area contributed by atoms with E-state index in [-0.39, 0.29) is 5.78 Å². The normalized spacial score (nSPS) is 17.5. The highest BCUT2D eigenvalue weighted by Crippen LogP contribution is 2.56. The smallest absolute Gasteiger partial charge is 0.310 e. The van der Waals surface area contributed by atoms with Crippen molar-refractivity contribution in [2.45, 2.75) is 80.1 Å². The number of benzene rings is 1. The molecule has 1 aliphatic carbocycles. The molecule has 0 bridgehead atoms. The van der Waals surface area contributed by atoms with Crippen LogP contribution >= 0.6 is 9.12 Å². The molecule has 0 spiro atoms. The predicted molar refractivity (Wildman–Crippen MR) is 115 cm³/mol. The standard InChI is InChI=1S/C23H34O3.HOP/c1-15(2)9-12-22(6,21(25)26)23(10-7-8-11-23)20(24)19-17(4)13-16(3)14-18(19)5;1-2/h13-15H,7-12H2,1-6H3,(H,25,26);2H. The highest BCUT2D eigenvalue weighted by molar-refractivity contribution is 7.00. The van der Waals surface area contributed by atoms with Gasteiger partial charge in [-0.1, -0.05) is 44.4 Å². The number of Topliss-reactive ketones (excluding diaryl/α,β-unsaturated/α-hetero) is 1. The number of hydrogen-bond acceptors (Lipinski definition) is 3. The van der Waals surface area contributed by atoms with Gasteiger partial charge in [0.05, 0.1) is 5.41 Å². The topological polar surface area (TPSA) is 71.4 Å². The fraction of sp³-hybridized carbons (Fsp3) is 0.652. The second-order valence-electron chi connectivity index (χ2n) is 8.96. The third kappa shape index (κ3) is 4.54. The van der Waals surface area contributed by atoms with Crippen molar-refractivity contribution in [3.05, 3.63) is 34.4 Å². The Morgan fingerprint density at radius 1 is 1.11 bits per heavy atom. The van der Waals surface area contributed by atoms with Gasteiger partial charge in [0.15, 0.2) is 5.78 Å². The fourth-order valence-corrected chi connectivity index (χ4v) is 4.91. The molecule has 1 saturated carbocycles. The third-order valence-electron chi connectivity index (χ3n) is 6.55. The molecule has 0 aliphatic heterocycles. The lowest BCUT2D eigenvalue weighted by Gasteiger charge is -2.43. The number of carbonyl (C=O) groups excluding carboxylic acids is 1. The summed E-state index contributed by atoms with van der Waals surface area (Å²) in [7, 11) is 1.72. The molecule has 5 heteroatoms. The van der Waals surface area contributed by atoms with Gasteiger partial charge >= 0.3 is 5.97 Å². The van der Waals surface area contributed by atoms with Gasteiger partial charge in [0, 0.05) is 11.0 Å². The molecule has 1 aliphatic rings. The molecule has 0 saturated heterocycles. The highest BCUT2D eigenvalue weighted by Gasteiger charge is 2.58. The maximum Gasteiger partial charge on any atom is 0.310 e. The predicted octanol–water partition coefficient (Wildman–Crippen LogP) is 6.36. The average molecular weight is 407 g/mol. The molecule has 28 heavy (non-hydrogen) atoms. The lowest BCUT2D eigenvalue weighted by atomic mass is 9.57. The molecular formula is C23H35O4P. The Hall–Kier alpha value is -1.54. The van der Waals surface area contributed by atoms with Crippen molar-refractivity contribution in [1.82, 2.24) is 0 Å². The number of carbonyl (C=O) groups is 2. The van der Waals surface area contributed by atoms with Gasteiger partial charge in [-0.25, -0.2) is 0 Å². The van der Waals surface area contributed by atoms with Gasteiger partial charge in [-0.3, -0.25) is 14.2 Å². The SMILES string of the molecule is Cc1cc(C)c(C(=O)C2(C(C)(CCC(C)C)C(=O)O)CCCC2)c(C)c1.O=P. The van der Waals surface area contributed by atoms with Crippen LogP contribution in [0.15, 0.2) is 12.1 Å². The molecule has 1 aromatic carbocycles. The Kier molecular flexibility index (Phi) is 8.56. The van der Waals surface area contributed by atoms with Crippen molar-refractivity contribution in [3.8, 4) is 0 Å². The van der Waals surface area contributed by atoms with Crippen LogP contribution in [0.2, 0.25) is 0 Å². The van der Waals surface area contributed by atoms with Gasteiger partial charge in [-0.05, 0) is 70.4 Å². The molecule has 0 amide bonds. The second kappa shape index (κ2) is 9.78. The number of aliphatic carboxylic acids is 1. The minimum Gasteiger partial charge on any atom is -0.481 e. The van der Waals surface area contributed by atoms with Gasteiger partial charge in [-0.15, -0.1) is 0 Å². The van der Waals surface area contributed by atoms with Crippen molar-refractivity contribution < 1.29 is 19.3 Å². The summed E-state index contributed by atoms with van der Waals surface area (Å²) in [6.45, 7) is 12.0. The van der Waals surface area contributed by atoms with E-state index in [2.05, 4.69) is 13.8 Å². The Morgan fingerprint density at radius 2 is 1.57 bits per heavy atom. The lowest BCUT2D eigenvalue weighted by Crippen LogP contribution is -2.50. The van der Waals surface area contributed by atoms with Gasteiger partial charge in [0.1, 0.15) is 9.12 Å². The van der Waals surface area contributed by atoms with E-state index in [1.165, 1.54) is 0 Å². The van der Waals surface area contributed by atoms with E-state index in [0.717, 1.165) is 41.5 Å². The van der Waals surface area contributed by atoms with E-state index in [4.69, 9.17) is 4.57 Å². The van der Waals surface area contributed by atoms with Crippen LogP contribution in [0.5, 0.6) is 0 Å². The molecule has 1 N–H and O–H groups in total. The first-order valence-corrected chi connectivity index (χ1v) is 10.5. The summed E-state index contributed by atoms with van der Waals surface area (Å²) in [4.78, 5) is 26.3. The zero-order valence-electron chi connectivity index (χ0n) is 18.1. The highest BCUT2D eigenvalue weighted by atomic mass is 31.0. The number of carboxylic acids is 1. The summed E-state index contributed by atoms with van der Waals surface area (Å²) in [5.74, 6) is -0.348. The zero-order chi connectivity index (χ0) is 21.7. The Balaban J connectivity index is 0.00000190. The van der Waals surface area contributed by atoms with Gasteiger partial charge < -0.3 is 5.11 Å². The van der Waals surface area contributed by atoms with Crippen LogP contribution in [0.25, 0.3) is 0 Å². The molecule has 4 nitrogen and oxygen atoms in total. The second-order valence-corrected chi connectivity index (χ2v) is 8.96. The summed E-state index contributed by atoms with van der Waals surface area (Å²) in [6.07, 6.45) is 4.60. The molecule has 1 fully saturated rings. The Labute approximate surface area is 171 Å². The molecule has 1 aromatic rings. The number of rotatable bonds is 7. The van der Waals surface area contributed by atoms with Crippen molar-refractivity contribution >= 4 is 20.9 Å². The van der Waals surface area contributed by atoms with Crippen LogP contribution < -0.4 is 0 Å². The number of ketones is 1. The van der Waals surface area contributed by atoms with Crippen molar-refractivity contribution in [1.29, 1.82) is 0 Å². The summed E-state index contributed by atoms with van der Waals surface area (Å²) in [5, 5.41) is 10.2. The molecule has 0 aromatic heterocycles. The van der Waals surface area contributed by atoms with Crippen LogP contribution in [-0.2, 0) is 9.36 Å². The molecule has 1 unspecified atom stereocenters. The van der Waals surface area contributed by atoms with Crippen LogP contribution in [0.3, 0.4) is 0 Å². The monoisotopic (exact) mass is 406 g/mol. The van der Waals surface area contributed by atoms with E-state index >= 15 is 0 Å². The number of carboxylic acid groups (broad SMARTS) is 1. The fourth-order valence-electron chi connectivity index (χ4n) is 4.91. The minimum absolute atomic E-state index is 0.0543. The lowest BCUT2D eigenvalue weighted by molar-refractivity contribution is -0.155. The molecule has 1 atom stereocenters. The summed E-state index contributed by atoms with van der Waals surface area (Å²) in [5.41, 5.74) is 2.01. The first-order chi connectivity index (χ1) is 13.0. The van der Waals surface area contributed by atoms with Crippen molar-refractivity contribution in [3.63, 3.8) is 0 Å². The van der Waals surface area contributed by atoms with Crippen LogP contribution in [-0.4, -0.2) is 16.9 Å². The first kappa shape index (κ1) is 24.5. The molecule has 156 valence electrons. The van der Waals surface area contributed by atoms with E-state index in [1.54, 1.807) is 9.12 Å². The van der Waals surface area contributed by atoms with Crippen molar-refractivity contribution in [2.24, 2.45) is 16.7 Å². The van der Waals surface area contributed by atoms with E-state index in [1.807, 2.05) is 39.8 Å². The molecule has 0 heterocycles. The van der Waals surface area contributed by atoms with E-state index < -0.39 is 16.8 Å².